The molecule has 1 fully saturated rings. The predicted octanol–water partition coefficient (Wildman–Crippen LogP) is 0.977. The molecule has 18 heavy (non-hydrogen) atoms. The summed E-state index contributed by atoms with van der Waals surface area (Å²) in [5.74, 6) is -0.506. The van der Waals surface area contributed by atoms with E-state index >= 15 is 0 Å². The molecular weight excluding hydrogens is 234 g/mol. The van der Waals surface area contributed by atoms with Crippen LogP contribution in [0.2, 0.25) is 0 Å². The number of nitrogen functional groups attached to an aromatic ring is 1. The standard InChI is InChI=1S/C12H17N3O3/c1-2-8-7-15(5-6-18-8)11-9(13)3-4-10(14-11)12(16)17/h3-4,8H,2,5-7,13H2,1H3,(H,16,17). The third-order valence-electron chi connectivity index (χ3n) is 3.02. The Morgan fingerprint density at radius 3 is 3.11 bits per heavy atom. The molecule has 1 aromatic rings. The molecule has 1 saturated heterocycles. The van der Waals surface area contributed by atoms with Gasteiger partial charge >= 0.3 is 5.97 Å². The molecule has 98 valence electrons. The van der Waals surface area contributed by atoms with E-state index in [4.69, 9.17) is 15.6 Å². The highest BCUT2D eigenvalue weighted by molar-refractivity contribution is 5.87. The summed E-state index contributed by atoms with van der Waals surface area (Å²) >= 11 is 0. The maximum Gasteiger partial charge on any atom is 0.354 e. The molecule has 0 spiro atoms. The number of nitrogens with two attached hydrogens (primary N) is 1. The van der Waals surface area contributed by atoms with E-state index < -0.39 is 5.97 Å². The maximum atomic E-state index is 10.9. The topological polar surface area (TPSA) is 88.7 Å². The fourth-order valence-corrected chi connectivity index (χ4v) is 1.99. The second kappa shape index (κ2) is 5.22. The first-order valence-electron chi connectivity index (χ1n) is 5.98. The number of carbonyl (C=O) groups is 1. The second-order valence-electron chi connectivity index (χ2n) is 4.26. The highest BCUT2D eigenvalue weighted by Gasteiger charge is 2.22. The molecule has 2 heterocycles. The lowest BCUT2D eigenvalue weighted by molar-refractivity contribution is 0.0382. The van der Waals surface area contributed by atoms with E-state index in [2.05, 4.69) is 11.9 Å². The van der Waals surface area contributed by atoms with Gasteiger partial charge in [0.1, 0.15) is 0 Å². The summed E-state index contributed by atoms with van der Waals surface area (Å²) in [5.41, 5.74) is 6.38. The lowest BCUT2D eigenvalue weighted by Gasteiger charge is -2.33. The van der Waals surface area contributed by atoms with E-state index in [1.807, 2.05) is 4.90 Å². The Morgan fingerprint density at radius 1 is 1.67 bits per heavy atom. The van der Waals surface area contributed by atoms with Gasteiger partial charge in [0.15, 0.2) is 11.5 Å². The molecule has 2 rings (SSSR count). The van der Waals surface area contributed by atoms with Gasteiger partial charge in [-0.3, -0.25) is 0 Å². The fourth-order valence-electron chi connectivity index (χ4n) is 1.99. The monoisotopic (exact) mass is 251 g/mol. The minimum absolute atomic E-state index is 0.0127. The van der Waals surface area contributed by atoms with Gasteiger partial charge in [-0.05, 0) is 18.6 Å². The van der Waals surface area contributed by atoms with Crippen molar-refractivity contribution in [2.24, 2.45) is 0 Å². The lowest BCUT2D eigenvalue weighted by atomic mass is 10.2. The molecule has 0 radical (unpaired) electrons. The van der Waals surface area contributed by atoms with Crippen molar-refractivity contribution in [3.63, 3.8) is 0 Å². The zero-order valence-electron chi connectivity index (χ0n) is 10.3. The molecule has 1 aliphatic rings. The van der Waals surface area contributed by atoms with Gasteiger partial charge in [-0.15, -0.1) is 0 Å². The molecule has 0 bridgehead atoms. The van der Waals surface area contributed by atoms with Crippen molar-refractivity contribution in [3.05, 3.63) is 17.8 Å². The van der Waals surface area contributed by atoms with Gasteiger partial charge in [0, 0.05) is 13.1 Å². The summed E-state index contributed by atoms with van der Waals surface area (Å²) in [6.45, 7) is 4.03. The summed E-state index contributed by atoms with van der Waals surface area (Å²) in [6, 6.07) is 3.00. The quantitative estimate of drug-likeness (QED) is 0.832. The molecule has 1 aliphatic heterocycles. The van der Waals surface area contributed by atoms with Crippen molar-refractivity contribution in [3.8, 4) is 0 Å². The largest absolute Gasteiger partial charge is 0.477 e. The zero-order valence-corrected chi connectivity index (χ0v) is 10.3. The van der Waals surface area contributed by atoms with E-state index in [1.165, 1.54) is 6.07 Å². The Bertz CT molecular complexity index is 450. The fraction of sp³-hybridized carbons (Fsp3) is 0.500. The molecule has 1 atom stereocenters. The maximum absolute atomic E-state index is 10.9. The SMILES string of the molecule is CCC1CN(c2nc(C(=O)O)ccc2N)CCO1. The minimum Gasteiger partial charge on any atom is -0.477 e. The van der Waals surface area contributed by atoms with Gasteiger partial charge in [-0.2, -0.15) is 0 Å². The van der Waals surface area contributed by atoms with Gasteiger partial charge in [0.05, 0.1) is 18.4 Å². The van der Waals surface area contributed by atoms with Crippen LogP contribution in [0.15, 0.2) is 12.1 Å². The summed E-state index contributed by atoms with van der Waals surface area (Å²) in [5, 5.41) is 8.95. The molecule has 1 unspecified atom stereocenters. The van der Waals surface area contributed by atoms with Crippen LogP contribution in [0.1, 0.15) is 23.8 Å². The van der Waals surface area contributed by atoms with Gasteiger partial charge in [-0.25, -0.2) is 9.78 Å². The third kappa shape index (κ3) is 2.53. The number of morpholine rings is 1. The van der Waals surface area contributed by atoms with Crippen LogP contribution in [0, 0.1) is 0 Å². The van der Waals surface area contributed by atoms with E-state index in [-0.39, 0.29) is 11.8 Å². The Morgan fingerprint density at radius 2 is 2.44 bits per heavy atom. The number of pyridine rings is 1. The first-order valence-corrected chi connectivity index (χ1v) is 5.98. The van der Waals surface area contributed by atoms with Gasteiger partial charge in [0.25, 0.3) is 0 Å². The first-order chi connectivity index (χ1) is 8.61. The normalized spacial score (nSPS) is 19.8. The molecule has 0 aromatic carbocycles. The number of aromatic nitrogens is 1. The van der Waals surface area contributed by atoms with Crippen molar-refractivity contribution in [2.45, 2.75) is 19.4 Å². The Labute approximate surface area is 105 Å². The van der Waals surface area contributed by atoms with Gasteiger partial charge in [-0.1, -0.05) is 6.92 Å². The van der Waals surface area contributed by atoms with E-state index in [1.54, 1.807) is 6.07 Å². The Balaban J connectivity index is 2.26. The van der Waals surface area contributed by atoms with E-state index in [0.29, 0.717) is 31.2 Å². The number of carboxylic acid groups (broad SMARTS) is 1. The van der Waals surface area contributed by atoms with E-state index in [0.717, 1.165) is 6.42 Å². The number of hydrogen-bond donors (Lipinski definition) is 2. The number of aromatic carboxylic acids is 1. The smallest absolute Gasteiger partial charge is 0.354 e. The molecule has 0 saturated carbocycles. The molecule has 6 heteroatoms. The van der Waals surface area contributed by atoms with Crippen LogP contribution in [0.3, 0.4) is 0 Å². The molecule has 0 amide bonds. The number of ether oxygens (including phenoxy) is 1. The van der Waals surface area contributed by atoms with Crippen LogP contribution >= 0.6 is 0 Å². The van der Waals surface area contributed by atoms with Crippen molar-refractivity contribution < 1.29 is 14.6 Å². The van der Waals surface area contributed by atoms with Crippen molar-refractivity contribution in [1.29, 1.82) is 0 Å². The summed E-state index contributed by atoms with van der Waals surface area (Å²) in [4.78, 5) is 17.0. The van der Waals surface area contributed by atoms with Crippen LogP contribution < -0.4 is 10.6 Å². The predicted molar refractivity (Wildman–Crippen MR) is 67.9 cm³/mol. The average Bonchev–Trinajstić information content (AvgIpc) is 2.39. The van der Waals surface area contributed by atoms with Gasteiger partial charge in [0.2, 0.25) is 0 Å². The van der Waals surface area contributed by atoms with Crippen LogP contribution in [0.25, 0.3) is 0 Å². The highest BCUT2D eigenvalue weighted by atomic mass is 16.5. The number of carboxylic acids is 1. The number of nitrogens with zero attached hydrogens (tertiary/aromatic N) is 2. The van der Waals surface area contributed by atoms with Crippen LogP contribution in [-0.4, -0.2) is 41.9 Å². The third-order valence-corrected chi connectivity index (χ3v) is 3.02. The molecule has 0 aliphatic carbocycles. The summed E-state index contributed by atoms with van der Waals surface area (Å²) in [6.07, 6.45) is 1.06. The minimum atomic E-state index is -1.04. The molecule has 3 N–H and O–H groups in total. The summed E-state index contributed by atoms with van der Waals surface area (Å²) < 4.78 is 5.57. The summed E-state index contributed by atoms with van der Waals surface area (Å²) in [7, 11) is 0. The first kappa shape index (κ1) is 12.6. The molecular formula is C12H17N3O3. The number of anilines is 2. The molecule has 6 nitrogen and oxygen atoms in total. The van der Waals surface area contributed by atoms with Gasteiger partial charge < -0.3 is 20.5 Å². The van der Waals surface area contributed by atoms with Crippen molar-refractivity contribution in [1.82, 2.24) is 4.98 Å². The molecule has 1 aromatic heterocycles. The Hall–Kier alpha value is -1.82. The van der Waals surface area contributed by atoms with Crippen LogP contribution in [-0.2, 0) is 4.74 Å². The highest BCUT2D eigenvalue weighted by Crippen LogP contribution is 2.23. The zero-order chi connectivity index (χ0) is 13.1. The lowest BCUT2D eigenvalue weighted by Crippen LogP contribution is -2.43. The van der Waals surface area contributed by atoms with Crippen LogP contribution in [0.5, 0.6) is 0 Å². The average molecular weight is 251 g/mol. The van der Waals surface area contributed by atoms with Crippen molar-refractivity contribution >= 4 is 17.5 Å². The number of hydrogen-bond acceptors (Lipinski definition) is 5. The van der Waals surface area contributed by atoms with E-state index in [9.17, 15) is 4.79 Å². The van der Waals surface area contributed by atoms with Crippen LogP contribution in [0.4, 0.5) is 11.5 Å². The van der Waals surface area contributed by atoms with Crippen molar-refractivity contribution in [2.75, 3.05) is 30.3 Å². The number of rotatable bonds is 3. The second-order valence-corrected chi connectivity index (χ2v) is 4.26. The Kier molecular flexibility index (Phi) is 3.66.